The molecule has 1 aliphatic rings. The van der Waals surface area contributed by atoms with Crippen molar-refractivity contribution in [3.8, 4) is 5.75 Å². The summed E-state index contributed by atoms with van der Waals surface area (Å²) in [5.74, 6) is -0.444. The van der Waals surface area contributed by atoms with Crippen LogP contribution in [0.2, 0.25) is 5.02 Å². The summed E-state index contributed by atoms with van der Waals surface area (Å²) in [5, 5.41) is 9.34. The summed E-state index contributed by atoms with van der Waals surface area (Å²) in [5.41, 5.74) is 1.49. The van der Waals surface area contributed by atoms with Crippen LogP contribution in [0, 0.1) is 0 Å². The molecule has 4 rings (SSSR count). The summed E-state index contributed by atoms with van der Waals surface area (Å²) < 4.78 is 65.8. The van der Waals surface area contributed by atoms with E-state index in [4.69, 9.17) is 16.7 Å². The summed E-state index contributed by atoms with van der Waals surface area (Å²) in [4.78, 5) is 12.7. The number of nitrogens with two attached hydrogens (primary N) is 1. The molecule has 3 aromatic rings. The zero-order valence-electron chi connectivity index (χ0n) is 19.0. The Morgan fingerprint density at radius 2 is 1.89 bits per heavy atom. The molecule has 1 saturated heterocycles. The van der Waals surface area contributed by atoms with Gasteiger partial charge in [0.1, 0.15) is 0 Å². The van der Waals surface area contributed by atoms with Crippen LogP contribution in [0.15, 0.2) is 41.9 Å². The highest BCUT2D eigenvalue weighted by Crippen LogP contribution is 2.36. The molecule has 0 spiro atoms. The molecule has 0 aliphatic carbocycles. The largest absolute Gasteiger partial charge is 0.573 e. The van der Waals surface area contributed by atoms with Crippen molar-refractivity contribution in [2.24, 2.45) is 5.14 Å². The lowest BCUT2D eigenvalue weighted by Gasteiger charge is -2.34. The number of hydrogen-bond donors (Lipinski definition) is 2. The SMILES string of the molecule is CN1CCN(c2ccc(OC(F)(F)F)c(Nc3ncc4c(Cl)cc(/C=C/S(N)(=O)=O)cc4n3)c2)CC1. The van der Waals surface area contributed by atoms with E-state index in [1.165, 1.54) is 24.4 Å². The summed E-state index contributed by atoms with van der Waals surface area (Å²) in [6.45, 7) is 3.07. The number of nitrogens with zero attached hydrogens (tertiary/aromatic N) is 4. The van der Waals surface area contributed by atoms with Gasteiger partial charge in [0.2, 0.25) is 16.0 Å². The molecule has 0 saturated carbocycles. The number of piperazine rings is 1. The van der Waals surface area contributed by atoms with Crippen LogP contribution in [0.5, 0.6) is 5.75 Å². The highest BCUT2D eigenvalue weighted by atomic mass is 35.5. The van der Waals surface area contributed by atoms with E-state index >= 15 is 0 Å². The molecule has 0 bridgehead atoms. The Bertz CT molecular complexity index is 1410. The van der Waals surface area contributed by atoms with Gasteiger partial charge in [-0.1, -0.05) is 11.6 Å². The smallest absolute Gasteiger partial charge is 0.404 e. The van der Waals surface area contributed by atoms with Crippen molar-refractivity contribution < 1.29 is 26.3 Å². The standard InChI is InChI=1S/C22H22ClF3N6O3S/c1-31-5-7-32(8-6-31)15-2-3-20(35-22(24,25)26)19(12-15)30-21-28-13-16-17(23)10-14(11-18(16)29-21)4-9-36(27,33)34/h2-4,9-13H,5-8H2,1H3,(H2,27,33,34)(H,28,29,30)/b9-4+. The zero-order valence-corrected chi connectivity index (χ0v) is 20.5. The van der Waals surface area contributed by atoms with Crippen LogP contribution >= 0.6 is 11.6 Å². The Balaban J connectivity index is 1.69. The number of ether oxygens (including phenoxy) is 1. The monoisotopic (exact) mass is 542 g/mol. The van der Waals surface area contributed by atoms with Crippen LogP contribution in [0.1, 0.15) is 5.56 Å². The van der Waals surface area contributed by atoms with Gasteiger partial charge in [-0.05, 0) is 49.0 Å². The minimum absolute atomic E-state index is 0.00584. The van der Waals surface area contributed by atoms with Crippen molar-refractivity contribution in [2.45, 2.75) is 6.36 Å². The Labute approximate surface area is 210 Å². The number of halogens is 4. The topological polar surface area (TPSA) is 114 Å². The average molecular weight is 543 g/mol. The third-order valence-electron chi connectivity index (χ3n) is 5.43. The molecule has 0 amide bonds. The van der Waals surface area contributed by atoms with E-state index in [1.54, 1.807) is 18.2 Å². The molecule has 3 N–H and O–H groups in total. The van der Waals surface area contributed by atoms with Crippen molar-refractivity contribution in [3.05, 3.63) is 52.5 Å². The number of benzene rings is 2. The maximum Gasteiger partial charge on any atom is 0.573 e. The van der Waals surface area contributed by atoms with Gasteiger partial charge >= 0.3 is 6.36 Å². The zero-order chi connectivity index (χ0) is 26.1. The predicted molar refractivity (Wildman–Crippen MR) is 133 cm³/mol. The summed E-state index contributed by atoms with van der Waals surface area (Å²) in [6.07, 6.45) is -2.23. The normalized spacial score (nSPS) is 15.6. The maximum absolute atomic E-state index is 13.0. The van der Waals surface area contributed by atoms with Crippen LogP contribution in [0.3, 0.4) is 0 Å². The van der Waals surface area contributed by atoms with Crippen molar-refractivity contribution in [2.75, 3.05) is 43.4 Å². The molecule has 0 unspecified atom stereocenters. The second-order valence-electron chi connectivity index (χ2n) is 8.16. The Kier molecular flexibility index (Phi) is 7.27. The first kappa shape index (κ1) is 25.9. The number of likely N-dealkylation sites (N-methyl/N-ethyl adjacent to an activating group) is 1. The molecule has 2 aromatic carbocycles. The van der Waals surface area contributed by atoms with Crippen molar-refractivity contribution in [3.63, 3.8) is 0 Å². The first-order valence-electron chi connectivity index (χ1n) is 10.6. The number of aromatic nitrogens is 2. The summed E-state index contributed by atoms with van der Waals surface area (Å²) >= 11 is 6.27. The highest BCUT2D eigenvalue weighted by Gasteiger charge is 2.32. The molecule has 0 radical (unpaired) electrons. The molecule has 0 atom stereocenters. The number of fused-ring (bicyclic) bond motifs is 1. The molecule has 1 aromatic heterocycles. The molecule has 1 fully saturated rings. The third kappa shape index (κ3) is 6.75. The van der Waals surface area contributed by atoms with Crippen molar-refractivity contribution in [1.82, 2.24) is 14.9 Å². The maximum atomic E-state index is 13.0. The van der Waals surface area contributed by atoms with Gasteiger partial charge in [-0.15, -0.1) is 13.2 Å². The van der Waals surface area contributed by atoms with E-state index in [0.29, 0.717) is 16.5 Å². The Morgan fingerprint density at radius 1 is 1.17 bits per heavy atom. The van der Waals surface area contributed by atoms with Crippen LogP contribution in [0.4, 0.5) is 30.5 Å². The lowest BCUT2D eigenvalue weighted by Crippen LogP contribution is -2.44. The van der Waals surface area contributed by atoms with Crippen molar-refractivity contribution >= 4 is 55.9 Å². The lowest BCUT2D eigenvalue weighted by molar-refractivity contribution is -0.274. The Hall–Kier alpha value is -3.13. The fourth-order valence-electron chi connectivity index (χ4n) is 3.65. The van der Waals surface area contributed by atoms with Crippen molar-refractivity contribution in [1.29, 1.82) is 0 Å². The van der Waals surface area contributed by atoms with E-state index in [-0.39, 0.29) is 16.7 Å². The molecule has 14 heteroatoms. The molecule has 2 heterocycles. The number of primary sulfonamides is 1. The minimum Gasteiger partial charge on any atom is -0.404 e. The van der Waals surface area contributed by atoms with Crippen LogP contribution in [-0.4, -0.2) is 62.9 Å². The van der Waals surface area contributed by atoms with Crippen LogP contribution < -0.4 is 20.1 Å². The fraction of sp³-hybridized carbons (Fsp3) is 0.273. The van der Waals surface area contributed by atoms with E-state index in [0.717, 1.165) is 37.3 Å². The quantitative estimate of drug-likeness (QED) is 0.481. The molecular weight excluding hydrogens is 521 g/mol. The van der Waals surface area contributed by atoms with E-state index < -0.39 is 22.1 Å². The second kappa shape index (κ2) is 10.1. The average Bonchev–Trinajstić information content (AvgIpc) is 2.78. The predicted octanol–water partition coefficient (Wildman–Crippen LogP) is 3.94. The van der Waals surface area contributed by atoms with Gasteiger partial charge in [0.25, 0.3) is 0 Å². The van der Waals surface area contributed by atoms with E-state index in [1.807, 2.05) is 7.05 Å². The molecule has 36 heavy (non-hydrogen) atoms. The van der Waals surface area contributed by atoms with Gasteiger partial charge in [-0.3, -0.25) is 0 Å². The van der Waals surface area contributed by atoms with Gasteiger partial charge in [0, 0.05) is 48.9 Å². The van der Waals surface area contributed by atoms with Gasteiger partial charge in [-0.25, -0.2) is 23.5 Å². The minimum atomic E-state index is -4.89. The Morgan fingerprint density at radius 3 is 2.56 bits per heavy atom. The first-order valence-corrected chi connectivity index (χ1v) is 12.6. The number of alkyl halides is 3. The number of sulfonamides is 1. The van der Waals surface area contributed by atoms with E-state index in [9.17, 15) is 21.6 Å². The van der Waals surface area contributed by atoms with Gasteiger partial charge in [0.05, 0.1) is 16.2 Å². The fourth-order valence-corrected chi connectivity index (χ4v) is 4.27. The molecule has 192 valence electrons. The number of nitrogens with one attached hydrogen (secondary N) is 1. The second-order valence-corrected chi connectivity index (χ2v) is 10.0. The first-order chi connectivity index (χ1) is 16.9. The third-order valence-corrected chi connectivity index (χ3v) is 6.25. The highest BCUT2D eigenvalue weighted by molar-refractivity contribution is 7.92. The van der Waals surface area contributed by atoms with Gasteiger partial charge in [0.15, 0.2) is 5.75 Å². The number of hydrogen-bond acceptors (Lipinski definition) is 8. The number of rotatable bonds is 6. The van der Waals surface area contributed by atoms with Crippen LogP contribution in [-0.2, 0) is 10.0 Å². The van der Waals surface area contributed by atoms with Crippen LogP contribution in [0.25, 0.3) is 17.0 Å². The summed E-state index contributed by atoms with van der Waals surface area (Å²) in [7, 11) is -1.85. The summed E-state index contributed by atoms with van der Waals surface area (Å²) in [6, 6.07) is 7.43. The van der Waals surface area contributed by atoms with E-state index in [2.05, 4.69) is 29.8 Å². The number of anilines is 3. The van der Waals surface area contributed by atoms with Gasteiger partial charge < -0.3 is 19.9 Å². The molecular formula is C22H22ClF3N6O3S. The van der Waals surface area contributed by atoms with Gasteiger partial charge in [-0.2, -0.15) is 0 Å². The molecule has 9 nitrogen and oxygen atoms in total. The lowest BCUT2D eigenvalue weighted by atomic mass is 10.1. The molecule has 1 aliphatic heterocycles.